The molecule has 3 amide bonds. The zero-order chi connectivity index (χ0) is 16.0. The summed E-state index contributed by atoms with van der Waals surface area (Å²) in [6.07, 6.45) is 0. The Bertz CT molecular complexity index is 703. The fraction of sp³-hybridized carbons (Fsp3) is 0.286. The van der Waals surface area contributed by atoms with E-state index in [1.54, 1.807) is 24.1 Å². The van der Waals surface area contributed by atoms with Gasteiger partial charge in [-0.2, -0.15) is 0 Å². The van der Waals surface area contributed by atoms with Crippen LogP contribution in [0.25, 0.3) is 0 Å². The molecule has 1 aromatic carbocycles. The SMILES string of the molecule is CN1C(=O)C2C(=NC(=S)N2Cc2ccc(F)cc2)N(C)C1=O. The minimum Gasteiger partial charge on any atom is -0.324 e. The van der Waals surface area contributed by atoms with Crippen LogP contribution in [0.3, 0.4) is 0 Å². The van der Waals surface area contributed by atoms with Crippen LogP contribution >= 0.6 is 12.2 Å². The molecule has 1 unspecified atom stereocenters. The average molecular weight is 320 g/mol. The molecule has 2 aliphatic rings. The monoisotopic (exact) mass is 320 g/mol. The van der Waals surface area contributed by atoms with Crippen molar-refractivity contribution in [3.8, 4) is 0 Å². The molecule has 0 spiro atoms. The van der Waals surface area contributed by atoms with Gasteiger partial charge in [0, 0.05) is 20.6 Å². The lowest BCUT2D eigenvalue weighted by Gasteiger charge is -2.36. The van der Waals surface area contributed by atoms with E-state index in [0.717, 1.165) is 10.5 Å². The number of nitrogens with zero attached hydrogens (tertiary/aromatic N) is 4. The summed E-state index contributed by atoms with van der Waals surface area (Å²) in [4.78, 5) is 32.5. The number of amides is 3. The van der Waals surface area contributed by atoms with Gasteiger partial charge in [0.2, 0.25) is 0 Å². The third-order valence-electron chi connectivity index (χ3n) is 3.76. The molecule has 114 valence electrons. The van der Waals surface area contributed by atoms with Gasteiger partial charge in [-0.15, -0.1) is 0 Å². The number of imide groups is 1. The van der Waals surface area contributed by atoms with Gasteiger partial charge in [0.15, 0.2) is 11.2 Å². The zero-order valence-electron chi connectivity index (χ0n) is 12.0. The van der Waals surface area contributed by atoms with Crippen molar-refractivity contribution in [2.24, 2.45) is 4.99 Å². The van der Waals surface area contributed by atoms with Crippen LogP contribution in [-0.4, -0.2) is 57.7 Å². The largest absolute Gasteiger partial charge is 0.331 e. The summed E-state index contributed by atoms with van der Waals surface area (Å²) in [5, 5.41) is 0.243. The van der Waals surface area contributed by atoms with Crippen LogP contribution in [0.1, 0.15) is 5.56 Å². The van der Waals surface area contributed by atoms with Crippen LogP contribution in [0.5, 0.6) is 0 Å². The first-order valence-corrected chi connectivity index (χ1v) is 7.00. The van der Waals surface area contributed by atoms with E-state index in [9.17, 15) is 14.0 Å². The van der Waals surface area contributed by atoms with Crippen molar-refractivity contribution in [3.63, 3.8) is 0 Å². The van der Waals surface area contributed by atoms with Gasteiger partial charge in [0.05, 0.1) is 0 Å². The summed E-state index contributed by atoms with van der Waals surface area (Å²) in [5.74, 6) is -0.368. The van der Waals surface area contributed by atoms with Crippen molar-refractivity contribution in [1.29, 1.82) is 0 Å². The van der Waals surface area contributed by atoms with Gasteiger partial charge >= 0.3 is 6.03 Å². The number of hydrogen-bond acceptors (Lipinski definition) is 3. The molecule has 0 aliphatic carbocycles. The number of halogens is 1. The predicted octanol–water partition coefficient (Wildman–Crippen LogP) is 1.22. The molecule has 2 aliphatic heterocycles. The van der Waals surface area contributed by atoms with Crippen LogP contribution in [0, 0.1) is 5.82 Å². The maximum atomic E-state index is 13.0. The van der Waals surface area contributed by atoms with E-state index < -0.39 is 12.1 Å². The highest BCUT2D eigenvalue weighted by molar-refractivity contribution is 7.80. The molecule has 22 heavy (non-hydrogen) atoms. The van der Waals surface area contributed by atoms with Gasteiger partial charge in [0.1, 0.15) is 11.7 Å². The number of aliphatic imine (C=N–C) groups is 1. The third-order valence-corrected chi connectivity index (χ3v) is 4.09. The van der Waals surface area contributed by atoms with E-state index in [-0.39, 0.29) is 16.8 Å². The van der Waals surface area contributed by atoms with Crippen LogP contribution in [0.4, 0.5) is 9.18 Å². The van der Waals surface area contributed by atoms with Crippen LogP contribution in [0.15, 0.2) is 29.3 Å². The van der Waals surface area contributed by atoms with Gasteiger partial charge in [-0.1, -0.05) is 12.1 Å². The van der Waals surface area contributed by atoms with Gasteiger partial charge in [-0.3, -0.25) is 14.6 Å². The lowest BCUT2D eigenvalue weighted by Crippen LogP contribution is -2.62. The number of urea groups is 1. The summed E-state index contributed by atoms with van der Waals surface area (Å²) in [6, 6.07) is 4.79. The maximum absolute atomic E-state index is 13.0. The Balaban J connectivity index is 1.91. The normalized spacial score (nSPS) is 21.4. The number of likely N-dealkylation sites (N-methyl/N-ethyl adjacent to an activating group) is 2. The fourth-order valence-corrected chi connectivity index (χ4v) is 2.78. The Hall–Kier alpha value is -2.35. The fourth-order valence-electron chi connectivity index (χ4n) is 2.52. The highest BCUT2D eigenvalue weighted by Gasteiger charge is 2.48. The number of benzene rings is 1. The van der Waals surface area contributed by atoms with Crippen LogP contribution in [-0.2, 0) is 11.3 Å². The van der Waals surface area contributed by atoms with Crippen LogP contribution in [0.2, 0.25) is 0 Å². The zero-order valence-corrected chi connectivity index (χ0v) is 12.8. The molecule has 0 aromatic heterocycles. The summed E-state index contributed by atoms with van der Waals surface area (Å²) in [7, 11) is 2.98. The molecule has 1 fully saturated rings. The molecule has 0 bridgehead atoms. The maximum Gasteiger partial charge on any atom is 0.331 e. The van der Waals surface area contributed by atoms with Crippen molar-refractivity contribution in [2.45, 2.75) is 12.6 Å². The van der Waals surface area contributed by atoms with Crippen molar-refractivity contribution in [1.82, 2.24) is 14.7 Å². The van der Waals surface area contributed by atoms with E-state index in [0.29, 0.717) is 12.4 Å². The summed E-state index contributed by atoms with van der Waals surface area (Å²) in [5.41, 5.74) is 0.801. The topological polar surface area (TPSA) is 56.2 Å². The molecule has 1 saturated heterocycles. The van der Waals surface area contributed by atoms with E-state index >= 15 is 0 Å². The lowest BCUT2D eigenvalue weighted by atomic mass is 10.1. The second kappa shape index (κ2) is 5.13. The Labute approximate surface area is 131 Å². The minimum absolute atomic E-state index is 0.243. The number of rotatable bonds is 2. The molecule has 1 atom stereocenters. The molecule has 1 aromatic rings. The quantitative estimate of drug-likeness (QED) is 0.769. The van der Waals surface area contributed by atoms with Crippen LogP contribution < -0.4 is 0 Å². The molecule has 3 rings (SSSR count). The molecule has 0 N–H and O–H groups in total. The standard InChI is InChI=1S/C14H13FN4O2S/c1-17-11-10(12(20)18(2)14(17)21)19(13(22)16-11)7-8-3-5-9(15)6-4-8/h3-6,10H,7H2,1-2H3. The highest BCUT2D eigenvalue weighted by atomic mass is 32.1. The van der Waals surface area contributed by atoms with Gasteiger partial charge in [0.25, 0.3) is 5.91 Å². The van der Waals surface area contributed by atoms with Gasteiger partial charge in [-0.05, 0) is 29.9 Å². The summed E-state index contributed by atoms with van der Waals surface area (Å²) in [6.45, 7) is 0.318. The smallest absolute Gasteiger partial charge is 0.324 e. The molecule has 0 radical (unpaired) electrons. The minimum atomic E-state index is -0.717. The van der Waals surface area contributed by atoms with Gasteiger partial charge in [-0.25, -0.2) is 14.2 Å². The molecule has 2 heterocycles. The molecule has 6 nitrogen and oxygen atoms in total. The third kappa shape index (κ3) is 2.16. The van der Waals surface area contributed by atoms with E-state index in [1.807, 2.05) is 0 Å². The first-order valence-electron chi connectivity index (χ1n) is 6.59. The van der Waals surface area contributed by atoms with E-state index in [2.05, 4.69) is 4.99 Å². The second-order valence-electron chi connectivity index (χ2n) is 5.15. The average Bonchev–Trinajstić information content (AvgIpc) is 2.82. The number of fused-ring (bicyclic) bond motifs is 1. The summed E-state index contributed by atoms with van der Waals surface area (Å²) >= 11 is 5.22. The van der Waals surface area contributed by atoms with Gasteiger partial charge < -0.3 is 4.90 Å². The number of amidine groups is 1. The molecule has 8 heteroatoms. The summed E-state index contributed by atoms with van der Waals surface area (Å²) < 4.78 is 13.0. The van der Waals surface area contributed by atoms with Crippen molar-refractivity contribution in [2.75, 3.05) is 14.1 Å². The van der Waals surface area contributed by atoms with E-state index in [1.165, 1.54) is 24.1 Å². The Morgan fingerprint density at radius 1 is 1.18 bits per heavy atom. The Kier molecular flexibility index (Phi) is 3.40. The van der Waals surface area contributed by atoms with E-state index in [4.69, 9.17) is 12.2 Å². The molecular weight excluding hydrogens is 307 g/mol. The number of carbonyl (C=O) groups is 2. The highest BCUT2D eigenvalue weighted by Crippen LogP contribution is 2.24. The first kappa shape index (κ1) is 14.6. The molecular formula is C14H13FN4O2S. The number of carbonyl (C=O) groups excluding carboxylic acids is 2. The second-order valence-corrected chi connectivity index (χ2v) is 5.51. The Morgan fingerprint density at radius 2 is 1.82 bits per heavy atom. The predicted molar refractivity (Wildman–Crippen MR) is 81.7 cm³/mol. The lowest BCUT2D eigenvalue weighted by molar-refractivity contribution is -0.130. The van der Waals surface area contributed by atoms with Crippen molar-refractivity contribution >= 4 is 35.1 Å². The van der Waals surface area contributed by atoms with Crippen molar-refractivity contribution in [3.05, 3.63) is 35.6 Å². The number of hydrogen-bond donors (Lipinski definition) is 0. The first-order chi connectivity index (χ1) is 10.4. The van der Waals surface area contributed by atoms with Crippen molar-refractivity contribution < 1.29 is 14.0 Å². The number of thiocarbonyl (C=S) groups is 1. The Morgan fingerprint density at radius 3 is 2.45 bits per heavy atom. The molecule has 0 saturated carbocycles.